The summed E-state index contributed by atoms with van der Waals surface area (Å²) in [6.07, 6.45) is 1.90. The summed E-state index contributed by atoms with van der Waals surface area (Å²) in [5.74, 6) is 0.498. The van der Waals surface area contributed by atoms with Crippen molar-refractivity contribution in [3.05, 3.63) is 77.6 Å². The molecule has 1 saturated heterocycles. The third kappa shape index (κ3) is 2.90. The molecule has 1 aromatic heterocycles. The molecule has 0 bridgehead atoms. The van der Waals surface area contributed by atoms with Crippen molar-refractivity contribution in [2.45, 2.75) is 29.4 Å². The molecule has 0 saturated carbocycles. The van der Waals surface area contributed by atoms with Crippen molar-refractivity contribution in [2.75, 3.05) is 13.1 Å². The summed E-state index contributed by atoms with van der Waals surface area (Å²) in [6, 6.07) is 16.8. The van der Waals surface area contributed by atoms with Crippen LogP contribution in [0.25, 0.3) is 11.3 Å². The van der Waals surface area contributed by atoms with Crippen LogP contribution in [0.1, 0.15) is 22.6 Å². The molecule has 1 amide bonds. The van der Waals surface area contributed by atoms with Crippen molar-refractivity contribution >= 4 is 15.7 Å². The Balaban J connectivity index is 1.44. The lowest BCUT2D eigenvalue weighted by molar-refractivity contribution is -0.129. The number of sulfone groups is 1. The molecule has 6 heteroatoms. The number of aryl methyl sites for hydroxylation is 1. The van der Waals surface area contributed by atoms with Gasteiger partial charge in [0.2, 0.25) is 5.91 Å². The fourth-order valence-corrected chi connectivity index (χ4v) is 6.69. The number of hydrogen-bond acceptors (Lipinski definition) is 4. The van der Waals surface area contributed by atoms with Gasteiger partial charge in [0.25, 0.3) is 0 Å². The Morgan fingerprint density at radius 2 is 1.93 bits per heavy atom. The van der Waals surface area contributed by atoms with Crippen LogP contribution in [-0.4, -0.2) is 37.6 Å². The molecule has 1 fully saturated rings. The third-order valence-corrected chi connectivity index (χ3v) is 8.40. The van der Waals surface area contributed by atoms with E-state index >= 15 is 0 Å². The molecule has 148 valence electrons. The quantitative estimate of drug-likeness (QED) is 0.666. The van der Waals surface area contributed by atoms with Crippen molar-refractivity contribution in [2.24, 2.45) is 0 Å². The number of furan rings is 1. The maximum atomic E-state index is 13.1. The summed E-state index contributed by atoms with van der Waals surface area (Å²) >= 11 is 0. The van der Waals surface area contributed by atoms with Crippen LogP contribution in [-0.2, 0) is 21.1 Å². The maximum Gasteiger partial charge on any atom is 0.227 e. The van der Waals surface area contributed by atoms with Crippen molar-refractivity contribution < 1.29 is 17.6 Å². The summed E-state index contributed by atoms with van der Waals surface area (Å²) in [7, 11) is -3.44. The molecule has 5 rings (SSSR count). The van der Waals surface area contributed by atoms with Crippen LogP contribution < -0.4 is 0 Å². The summed E-state index contributed by atoms with van der Waals surface area (Å²) in [6.45, 7) is 2.67. The number of fused-ring (bicyclic) bond motifs is 3. The molecule has 2 aromatic carbocycles. The van der Waals surface area contributed by atoms with Crippen LogP contribution in [0, 0.1) is 6.92 Å². The topological polar surface area (TPSA) is 67.6 Å². The molecule has 0 radical (unpaired) electrons. The zero-order valence-electron chi connectivity index (χ0n) is 16.0. The zero-order chi connectivity index (χ0) is 20.2. The number of benzene rings is 2. The van der Waals surface area contributed by atoms with Gasteiger partial charge in [0.15, 0.2) is 9.84 Å². The molecule has 0 N–H and O–H groups in total. The number of amides is 1. The number of nitrogens with zero attached hydrogens (tertiary/aromatic N) is 1. The SMILES string of the molecule is Cc1ccccc1CC(=O)N1C[C@@H]2[C@@H](C1)c1cc(-c3ccco3)ccc1S2(=O)=O. The first kappa shape index (κ1) is 18.2. The highest BCUT2D eigenvalue weighted by Crippen LogP contribution is 2.46. The van der Waals surface area contributed by atoms with Crippen molar-refractivity contribution in [3.63, 3.8) is 0 Å². The smallest absolute Gasteiger partial charge is 0.227 e. The van der Waals surface area contributed by atoms with Crippen LogP contribution in [0.5, 0.6) is 0 Å². The van der Waals surface area contributed by atoms with Gasteiger partial charge in [0.05, 0.1) is 22.8 Å². The Kier molecular flexibility index (Phi) is 4.13. The molecular formula is C23H21NO4S. The predicted octanol–water partition coefficient (Wildman–Crippen LogP) is 3.58. The van der Waals surface area contributed by atoms with Gasteiger partial charge in [0.1, 0.15) is 5.76 Å². The number of carbonyl (C=O) groups excluding carboxylic acids is 1. The average molecular weight is 407 g/mol. The van der Waals surface area contributed by atoms with E-state index in [1.165, 1.54) is 0 Å². The van der Waals surface area contributed by atoms with Gasteiger partial charge >= 0.3 is 0 Å². The van der Waals surface area contributed by atoms with Gasteiger partial charge in [-0.3, -0.25) is 4.79 Å². The maximum absolute atomic E-state index is 13.1. The molecule has 29 heavy (non-hydrogen) atoms. The van der Waals surface area contributed by atoms with E-state index < -0.39 is 15.1 Å². The van der Waals surface area contributed by atoms with Gasteiger partial charge in [-0.15, -0.1) is 0 Å². The summed E-state index contributed by atoms with van der Waals surface area (Å²) in [4.78, 5) is 15.0. The van der Waals surface area contributed by atoms with Crippen LogP contribution in [0.2, 0.25) is 0 Å². The van der Waals surface area contributed by atoms with E-state index in [0.29, 0.717) is 23.6 Å². The van der Waals surface area contributed by atoms with E-state index in [2.05, 4.69) is 0 Å². The normalized spacial score (nSPS) is 21.8. The Morgan fingerprint density at radius 1 is 1.10 bits per heavy atom. The Labute approximate surface area is 169 Å². The van der Waals surface area contributed by atoms with Gasteiger partial charge in [-0.1, -0.05) is 24.3 Å². The number of likely N-dealkylation sites (tertiary alicyclic amines) is 1. The molecule has 3 aromatic rings. The van der Waals surface area contributed by atoms with E-state index in [1.54, 1.807) is 23.3 Å². The molecule has 3 heterocycles. The second-order valence-electron chi connectivity index (χ2n) is 7.82. The minimum Gasteiger partial charge on any atom is -0.464 e. The molecule has 0 unspecified atom stereocenters. The Bertz CT molecular complexity index is 1200. The van der Waals surface area contributed by atoms with Crippen molar-refractivity contribution in [1.82, 2.24) is 4.90 Å². The summed E-state index contributed by atoms with van der Waals surface area (Å²) in [5, 5.41) is -0.565. The average Bonchev–Trinajstić information content (AvgIpc) is 3.42. The van der Waals surface area contributed by atoms with Gasteiger partial charge < -0.3 is 9.32 Å². The Morgan fingerprint density at radius 3 is 2.69 bits per heavy atom. The van der Waals surface area contributed by atoms with Crippen molar-refractivity contribution in [1.29, 1.82) is 0 Å². The predicted molar refractivity (Wildman–Crippen MR) is 109 cm³/mol. The summed E-state index contributed by atoms with van der Waals surface area (Å²) in [5.41, 5.74) is 3.71. The Hall–Kier alpha value is -2.86. The van der Waals surface area contributed by atoms with Gasteiger partial charge in [-0.2, -0.15) is 0 Å². The molecule has 2 aliphatic heterocycles. The largest absolute Gasteiger partial charge is 0.464 e. The van der Waals surface area contributed by atoms with Crippen LogP contribution in [0.4, 0.5) is 0 Å². The molecule has 2 atom stereocenters. The van der Waals surface area contributed by atoms with E-state index in [1.807, 2.05) is 49.4 Å². The number of rotatable bonds is 3. The van der Waals surface area contributed by atoms with E-state index in [4.69, 9.17) is 4.42 Å². The standard InChI is InChI=1S/C23H21NO4S/c1-15-5-2-3-6-16(15)12-23(25)24-13-19-18-11-17(20-7-4-10-28-20)8-9-21(18)29(26,27)22(19)14-24/h2-11,19,22H,12-14H2,1H3/t19-,22+/m0/s1. The lowest BCUT2D eigenvalue weighted by atomic mass is 9.96. The lowest BCUT2D eigenvalue weighted by Crippen LogP contribution is -2.33. The molecule has 5 nitrogen and oxygen atoms in total. The first-order valence-corrected chi connectivity index (χ1v) is 11.2. The van der Waals surface area contributed by atoms with E-state index in [9.17, 15) is 13.2 Å². The first-order chi connectivity index (χ1) is 13.9. The van der Waals surface area contributed by atoms with Gasteiger partial charge in [-0.25, -0.2) is 8.42 Å². The highest BCUT2D eigenvalue weighted by atomic mass is 32.2. The first-order valence-electron chi connectivity index (χ1n) is 9.69. The number of hydrogen-bond donors (Lipinski definition) is 0. The third-order valence-electron chi connectivity index (χ3n) is 6.14. The van der Waals surface area contributed by atoms with Gasteiger partial charge in [-0.05, 0) is 53.9 Å². The molecule has 0 aliphatic carbocycles. The summed E-state index contributed by atoms with van der Waals surface area (Å²) < 4.78 is 31.6. The molecular weight excluding hydrogens is 386 g/mol. The highest BCUT2D eigenvalue weighted by Gasteiger charge is 2.51. The molecule has 2 aliphatic rings. The second-order valence-corrected chi connectivity index (χ2v) is 9.96. The monoisotopic (exact) mass is 407 g/mol. The second kappa shape index (κ2) is 6.59. The lowest BCUT2D eigenvalue weighted by Gasteiger charge is -2.18. The van der Waals surface area contributed by atoms with Gasteiger partial charge in [0, 0.05) is 24.6 Å². The van der Waals surface area contributed by atoms with E-state index in [0.717, 1.165) is 22.3 Å². The minimum atomic E-state index is -3.44. The van der Waals surface area contributed by atoms with Crippen molar-refractivity contribution in [3.8, 4) is 11.3 Å². The van der Waals surface area contributed by atoms with Crippen LogP contribution in [0.15, 0.2) is 70.2 Å². The fraction of sp³-hybridized carbons (Fsp3) is 0.261. The van der Waals surface area contributed by atoms with Crippen LogP contribution in [0.3, 0.4) is 0 Å². The van der Waals surface area contributed by atoms with E-state index in [-0.39, 0.29) is 18.4 Å². The zero-order valence-corrected chi connectivity index (χ0v) is 16.9. The number of carbonyl (C=O) groups is 1. The minimum absolute atomic E-state index is 0.0207. The van der Waals surface area contributed by atoms with Crippen LogP contribution >= 0.6 is 0 Å². The highest BCUT2D eigenvalue weighted by molar-refractivity contribution is 7.92. The fourth-order valence-electron chi connectivity index (χ4n) is 4.53. The molecule has 0 spiro atoms.